The van der Waals surface area contributed by atoms with Crippen molar-refractivity contribution in [1.82, 2.24) is 9.97 Å². The fourth-order valence-corrected chi connectivity index (χ4v) is 3.45. The fraction of sp³-hybridized carbons (Fsp3) is 0.174. The fourth-order valence-electron chi connectivity index (χ4n) is 3.45. The standard InChI is InChI=1S/C23H20F3N3/c24-23(25,26)18-9-5-15(6-10-18)7-12-22-28-20-11-8-16(13-21(20)29-22)19-4-2-1-3-17(19)14-27/h1-6,8-11,13H,7,12,14,27H2,(H,28,29). The maximum absolute atomic E-state index is 12.7. The van der Waals surface area contributed by atoms with Crippen LogP contribution in [0, 0.1) is 0 Å². The van der Waals surface area contributed by atoms with E-state index in [2.05, 4.69) is 9.97 Å². The number of rotatable bonds is 5. The first kappa shape index (κ1) is 19.2. The van der Waals surface area contributed by atoms with Crippen LogP contribution in [0.5, 0.6) is 0 Å². The molecule has 4 aromatic rings. The highest BCUT2D eigenvalue weighted by Crippen LogP contribution is 2.29. The zero-order valence-electron chi connectivity index (χ0n) is 15.6. The molecule has 1 heterocycles. The van der Waals surface area contributed by atoms with Gasteiger partial charge in [-0.15, -0.1) is 0 Å². The molecule has 0 saturated carbocycles. The summed E-state index contributed by atoms with van der Waals surface area (Å²) in [5.74, 6) is 0.809. The van der Waals surface area contributed by atoms with Gasteiger partial charge in [-0.1, -0.05) is 42.5 Å². The SMILES string of the molecule is NCc1ccccc1-c1ccc2[nH]c(CCc3ccc(C(F)(F)F)cc3)nc2c1. The van der Waals surface area contributed by atoms with Gasteiger partial charge in [0.1, 0.15) is 5.82 Å². The Morgan fingerprint density at radius 3 is 2.38 bits per heavy atom. The summed E-state index contributed by atoms with van der Waals surface area (Å²) >= 11 is 0. The quantitative estimate of drug-likeness (QED) is 0.469. The van der Waals surface area contributed by atoms with Crippen molar-refractivity contribution < 1.29 is 13.2 Å². The number of halogens is 3. The summed E-state index contributed by atoms with van der Waals surface area (Å²) in [6.07, 6.45) is -3.08. The van der Waals surface area contributed by atoms with Crippen molar-refractivity contribution in [2.75, 3.05) is 0 Å². The second kappa shape index (κ2) is 7.72. The maximum atomic E-state index is 12.7. The molecule has 0 saturated heterocycles. The largest absolute Gasteiger partial charge is 0.416 e. The zero-order chi connectivity index (χ0) is 20.4. The Morgan fingerprint density at radius 1 is 0.897 bits per heavy atom. The number of imidazole rings is 1. The Hall–Kier alpha value is -3.12. The average Bonchev–Trinajstić information content (AvgIpc) is 3.14. The molecule has 3 nitrogen and oxygen atoms in total. The van der Waals surface area contributed by atoms with E-state index >= 15 is 0 Å². The van der Waals surface area contributed by atoms with Crippen LogP contribution in [0.3, 0.4) is 0 Å². The molecule has 3 N–H and O–H groups in total. The molecule has 0 aliphatic rings. The first-order valence-corrected chi connectivity index (χ1v) is 9.37. The van der Waals surface area contributed by atoms with Crippen LogP contribution < -0.4 is 5.73 Å². The predicted molar refractivity (Wildman–Crippen MR) is 108 cm³/mol. The molecule has 6 heteroatoms. The molecule has 3 aromatic carbocycles. The molecule has 0 atom stereocenters. The first-order chi connectivity index (χ1) is 13.9. The third-order valence-electron chi connectivity index (χ3n) is 5.01. The summed E-state index contributed by atoms with van der Waals surface area (Å²) < 4.78 is 38.0. The Kier molecular flexibility index (Phi) is 5.11. The number of aryl methyl sites for hydroxylation is 2. The number of aromatic nitrogens is 2. The normalized spacial score (nSPS) is 11.9. The van der Waals surface area contributed by atoms with Crippen LogP contribution in [-0.2, 0) is 25.6 Å². The molecule has 0 aliphatic heterocycles. The predicted octanol–water partition coefficient (Wildman–Crippen LogP) is 5.49. The Morgan fingerprint density at radius 2 is 1.66 bits per heavy atom. The van der Waals surface area contributed by atoms with Crippen LogP contribution in [0.2, 0.25) is 0 Å². The van der Waals surface area contributed by atoms with Gasteiger partial charge in [0.15, 0.2) is 0 Å². The minimum absolute atomic E-state index is 0.465. The average molecular weight is 395 g/mol. The number of hydrogen-bond acceptors (Lipinski definition) is 2. The lowest BCUT2D eigenvalue weighted by Crippen LogP contribution is -2.04. The third kappa shape index (κ3) is 4.17. The molecule has 0 unspecified atom stereocenters. The number of nitrogens with one attached hydrogen (secondary N) is 1. The number of aromatic amines is 1. The van der Waals surface area contributed by atoms with Crippen molar-refractivity contribution >= 4 is 11.0 Å². The van der Waals surface area contributed by atoms with Crippen molar-refractivity contribution in [3.8, 4) is 11.1 Å². The molecule has 0 spiro atoms. The van der Waals surface area contributed by atoms with Gasteiger partial charge in [-0.2, -0.15) is 13.2 Å². The van der Waals surface area contributed by atoms with Crippen molar-refractivity contribution in [3.05, 3.63) is 89.2 Å². The van der Waals surface area contributed by atoms with E-state index in [4.69, 9.17) is 5.73 Å². The monoisotopic (exact) mass is 395 g/mol. The molecule has 0 fully saturated rings. The van der Waals surface area contributed by atoms with E-state index in [9.17, 15) is 13.2 Å². The number of nitrogens with two attached hydrogens (primary N) is 1. The lowest BCUT2D eigenvalue weighted by molar-refractivity contribution is -0.137. The molecular weight excluding hydrogens is 375 g/mol. The van der Waals surface area contributed by atoms with Gasteiger partial charge in [-0.3, -0.25) is 0 Å². The highest BCUT2D eigenvalue weighted by atomic mass is 19.4. The van der Waals surface area contributed by atoms with Crippen LogP contribution in [0.1, 0.15) is 22.5 Å². The van der Waals surface area contributed by atoms with Gasteiger partial charge in [-0.05, 0) is 52.9 Å². The Balaban J connectivity index is 1.52. The zero-order valence-corrected chi connectivity index (χ0v) is 15.6. The van der Waals surface area contributed by atoms with E-state index in [0.717, 1.165) is 51.2 Å². The van der Waals surface area contributed by atoms with E-state index in [0.29, 0.717) is 19.4 Å². The number of alkyl halides is 3. The van der Waals surface area contributed by atoms with E-state index < -0.39 is 11.7 Å². The maximum Gasteiger partial charge on any atom is 0.416 e. The van der Waals surface area contributed by atoms with E-state index in [1.54, 1.807) is 0 Å². The summed E-state index contributed by atoms with van der Waals surface area (Å²) in [5.41, 5.74) is 11.1. The smallest absolute Gasteiger partial charge is 0.342 e. The van der Waals surface area contributed by atoms with Gasteiger partial charge in [0.2, 0.25) is 0 Å². The summed E-state index contributed by atoms with van der Waals surface area (Å²) in [6, 6.07) is 19.4. The minimum Gasteiger partial charge on any atom is -0.342 e. The topological polar surface area (TPSA) is 54.7 Å². The summed E-state index contributed by atoms with van der Waals surface area (Å²) in [5, 5.41) is 0. The lowest BCUT2D eigenvalue weighted by Gasteiger charge is -2.07. The van der Waals surface area contributed by atoms with Crippen molar-refractivity contribution in [2.24, 2.45) is 5.73 Å². The molecule has 148 valence electrons. The molecular formula is C23H20F3N3. The second-order valence-corrected chi connectivity index (χ2v) is 6.97. The molecule has 0 aliphatic carbocycles. The molecule has 1 aromatic heterocycles. The van der Waals surface area contributed by atoms with Crippen molar-refractivity contribution in [1.29, 1.82) is 0 Å². The van der Waals surface area contributed by atoms with Crippen LogP contribution in [0.15, 0.2) is 66.7 Å². The number of nitrogens with zero attached hydrogens (tertiary/aromatic N) is 1. The number of fused-ring (bicyclic) bond motifs is 1. The molecule has 0 radical (unpaired) electrons. The van der Waals surface area contributed by atoms with E-state index in [-0.39, 0.29) is 0 Å². The number of benzene rings is 3. The summed E-state index contributed by atoms with van der Waals surface area (Å²) in [6.45, 7) is 0.465. The Labute approximate surface area is 166 Å². The van der Waals surface area contributed by atoms with Gasteiger partial charge in [0.25, 0.3) is 0 Å². The van der Waals surface area contributed by atoms with E-state index in [1.807, 2.05) is 42.5 Å². The lowest BCUT2D eigenvalue weighted by atomic mass is 9.99. The van der Waals surface area contributed by atoms with Crippen LogP contribution in [-0.4, -0.2) is 9.97 Å². The van der Waals surface area contributed by atoms with Gasteiger partial charge in [0.05, 0.1) is 16.6 Å². The van der Waals surface area contributed by atoms with Crippen LogP contribution >= 0.6 is 0 Å². The van der Waals surface area contributed by atoms with Crippen molar-refractivity contribution in [3.63, 3.8) is 0 Å². The first-order valence-electron chi connectivity index (χ1n) is 9.37. The highest BCUT2D eigenvalue weighted by molar-refractivity contribution is 5.82. The van der Waals surface area contributed by atoms with Gasteiger partial charge >= 0.3 is 6.18 Å². The van der Waals surface area contributed by atoms with Crippen LogP contribution in [0.4, 0.5) is 13.2 Å². The summed E-state index contributed by atoms with van der Waals surface area (Å²) in [7, 11) is 0. The van der Waals surface area contributed by atoms with Gasteiger partial charge < -0.3 is 10.7 Å². The Bertz CT molecular complexity index is 1130. The van der Waals surface area contributed by atoms with E-state index in [1.165, 1.54) is 12.1 Å². The molecule has 0 bridgehead atoms. The highest BCUT2D eigenvalue weighted by Gasteiger charge is 2.29. The minimum atomic E-state index is -4.31. The van der Waals surface area contributed by atoms with Gasteiger partial charge in [-0.25, -0.2) is 4.98 Å². The van der Waals surface area contributed by atoms with Crippen molar-refractivity contribution in [2.45, 2.75) is 25.6 Å². The number of H-pyrrole nitrogens is 1. The van der Waals surface area contributed by atoms with Crippen LogP contribution in [0.25, 0.3) is 22.2 Å². The number of hydrogen-bond donors (Lipinski definition) is 2. The molecule has 0 amide bonds. The van der Waals surface area contributed by atoms with Gasteiger partial charge in [0, 0.05) is 13.0 Å². The molecule has 4 rings (SSSR count). The third-order valence-corrected chi connectivity index (χ3v) is 5.01. The second-order valence-electron chi connectivity index (χ2n) is 6.97. The summed E-state index contributed by atoms with van der Waals surface area (Å²) in [4.78, 5) is 7.95. The molecule has 29 heavy (non-hydrogen) atoms.